The van der Waals surface area contributed by atoms with Gasteiger partial charge in [0, 0.05) is 38.6 Å². The van der Waals surface area contributed by atoms with Gasteiger partial charge >= 0.3 is 0 Å². The number of halogens is 2. The molecule has 1 aromatic heterocycles. The predicted octanol–water partition coefficient (Wildman–Crippen LogP) is 3.00. The number of ether oxygens (including phenoxy) is 1. The summed E-state index contributed by atoms with van der Waals surface area (Å²) in [4.78, 5) is 7.29. The molecule has 1 aliphatic heterocycles. The summed E-state index contributed by atoms with van der Waals surface area (Å²) < 4.78 is 21.1. The molecule has 0 spiro atoms. The first-order chi connectivity index (χ1) is 15.6. The van der Waals surface area contributed by atoms with Crippen molar-refractivity contribution in [3.8, 4) is 0 Å². The summed E-state index contributed by atoms with van der Waals surface area (Å²) in [6.45, 7) is 11.5. The zero-order valence-corrected chi connectivity index (χ0v) is 22.2. The third-order valence-electron chi connectivity index (χ3n) is 5.82. The van der Waals surface area contributed by atoms with Crippen LogP contribution in [0.1, 0.15) is 44.6 Å². The van der Waals surface area contributed by atoms with Crippen LogP contribution < -0.4 is 10.6 Å². The Morgan fingerprint density at radius 2 is 1.94 bits per heavy atom. The molecule has 2 aromatic rings. The first-order valence-electron chi connectivity index (χ1n) is 11.6. The van der Waals surface area contributed by atoms with Gasteiger partial charge in [-0.3, -0.25) is 9.89 Å². The molecule has 1 aliphatic rings. The van der Waals surface area contributed by atoms with Gasteiger partial charge in [0.25, 0.3) is 0 Å². The van der Waals surface area contributed by atoms with Crippen molar-refractivity contribution in [1.29, 1.82) is 0 Å². The fraction of sp³-hybridized carbons (Fsp3) is 0.609. The minimum absolute atomic E-state index is 0. The fourth-order valence-electron chi connectivity index (χ4n) is 3.71. The Morgan fingerprint density at radius 3 is 2.61 bits per heavy atom. The van der Waals surface area contributed by atoms with E-state index in [1.165, 1.54) is 12.1 Å². The number of aryl methyl sites for hydroxylation is 1. The number of hydrogen-bond acceptors (Lipinski definition) is 5. The molecule has 1 aromatic carbocycles. The predicted molar refractivity (Wildman–Crippen MR) is 140 cm³/mol. The molecule has 3 rings (SSSR count). The number of guanidine groups is 1. The second-order valence-corrected chi connectivity index (χ2v) is 8.08. The molecule has 2 atom stereocenters. The minimum atomic E-state index is -0.223. The third kappa shape index (κ3) is 8.49. The van der Waals surface area contributed by atoms with Crippen LogP contribution in [0.5, 0.6) is 0 Å². The van der Waals surface area contributed by atoms with Crippen LogP contribution in [0.3, 0.4) is 0 Å². The lowest BCUT2D eigenvalue weighted by atomic mass is 10.0. The average molecular weight is 573 g/mol. The van der Waals surface area contributed by atoms with Crippen LogP contribution in [0, 0.1) is 5.82 Å². The standard InChI is InChI=1S/C23H36FN7O.HI/c1-4-18(3)28-23(25-10-11-31-17-27-29-22(31)5-2)26-16-21(30-12-14-32-15-13-30)19-6-8-20(24)9-7-19;/h6-9,17-18,21H,4-5,10-16H2,1-3H3,(H2,25,26,28);1H. The van der Waals surface area contributed by atoms with Gasteiger partial charge < -0.3 is 19.9 Å². The quantitative estimate of drug-likeness (QED) is 0.259. The van der Waals surface area contributed by atoms with Gasteiger partial charge in [0.05, 0.1) is 25.8 Å². The summed E-state index contributed by atoms with van der Waals surface area (Å²) in [6, 6.07) is 7.13. The van der Waals surface area contributed by atoms with Gasteiger partial charge in [-0.1, -0.05) is 26.0 Å². The van der Waals surface area contributed by atoms with Crippen LogP contribution >= 0.6 is 24.0 Å². The molecule has 184 valence electrons. The monoisotopic (exact) mass is 573 g/mol. The summed E-state index contributed by atoms with van der Waals surface area (Å²) in [5.41, 5.74) is 1.07. The molecule has 1 fully saturated rings. The average Bonchev–Trinajstić information content (AvgIpc) is 3.28. The zero-order valence-electron chi connectivity index (χ0n) is 19.8. The van der Waals surface area contributed by atoms with E-state index in [1.54, 1.807) is 6.33 Å². The minimum Gasteiger partial charge on any atom is -0.379 e. The van der Waals surface area contributed by atoms with Crippen molar-refractivity contribution in [3.05, 3.63) is 47.8 Å². The molecule has 0 aliphatic carbocycles. The second-order valence-electron chi connectivity index (χ2n) is 8.08. The molecule has 33 heavy (non-hydrogen) atoms. The Morgan fingerprint density at radius 1 is 1.21 bits per heavy atom. The Kier molecular flexibility index (Phi) is 12.0. The molecule has 0 saturated carbocycles. The summed E-state index contributed by atoms with van der Waals surface area (Å²) in [6.07, 6.45) is 3.62. The molecule has 10 heteroatoms. The highest BCUT2D eigenvalue weighted by molar-refractivity contribution is 14.0. The molecule has 0 amide bonds. The molecule has 2 N–H and O–H groups in total. The molecular formula is C23H37FIN7O. The number of hydrogen-bond donors (Lipinski definition) is 2. The number of benzene rings is 1. The van der Waals surface area contributed by atoms with Crippen LogP contribution in [-0.2, 0) is 17.7 Å². The van der Waals surface area contributed by atoms with Crippen LogP contribution in [0.15, 0.2) is 35.6 Å². The van der Waals surface area contributed by atoms with Gasteiger partial charge in [-0.05, 0) is 31.0 Å². The lowest BCUT2D eigenvalue weighted by Gasteiger charge is -2.34. The number of aliphatic imine (C=N–C) groups is 1. The van der Waals surface area contributed by atoms with Gasteiger partial charge in [-0.2, -0.15) is 0 Å². The third-order valence-corrected chi connectivity index (χ3v) is 5.82. The normalized spacial score (nSPS) is 16.7. The first-order valence-corrected chi connectivity index (χ1v) is 11.6. The Hall–Kier alpha value is -1.79. The maximum atomic E-state index is 13.5. The van der Waals surface area contributed by atoms with E-state index in [9.17, 15) is 4.39 Å². The maximum absolute atomic E-state index is 13.5. The number of rotatable bonds is 10. The van der Waals surface area contributed by atoms with E-state index in [2.05, 4.69) is 51.1 Å². The van der Waals surface area contributed by atoms with E-state index in [1.807, 2.05) is 12.1 Å². The molecular weight excluding hydrogens is 536 g/mol. The second kappa shape index (κ2) is 14.5. The van der Waals surface area contributed by atoms with Crippen LogP contribution in [-0.4, -0.2) is 71.1 Å². The van der Waals surface area contributed by atoms with E-state index >= 15 is 0 Å². The zero-order chi connectivity index (χ0) is 22.8. The summed E-state index contributed by atoms with van der Waals surface area (Å²) in [5, 5.41) is 15.1. The van der Waals surface area contributed by atoms with Gasteiger partial charge in [0.1, 0.15) is 18.0 Å². The van der Waals surface area contributed by atoms with Crippen molar-refractivity contribution in [2.24, 2.45) is 4.99 Å². The van der Waals surface area contributed by atoms with Crippen LogP contribution in [0.4, 0.5) is 4.39 Å². The molecule has 2 heterocycles. The lowest BCUT2D eigenvalue weighted by molar-refractivity contribution is 0.0179. The number of morpholine rings is 1. The summed E-state index contributed by atoms with van der Waals surface area (Å²) >= 11 is 0. The highest BCUT2D eigenvalue weighted by atomic mass is 127. The topological polar surface area (TPSA) is 79.6 Å². The maximum Gasteiger partial charge on any atom is 0.191 e. The molecule has 1 saturated heterocycles. The number of nitrogens with one attached hydrogen (secondary N) is 2. The van der Waals surface area contributed by atoms with Crippen molar-refractivity contribution in [2.75, 3.05) is 39.4 Å². The first kappa shape index (κ1) is 27.5. The van der Waals surface area contributed by atoms with Crippen molar-refractivity contribution in [2.45, 2.75) is 52.2 Å². The summed E-state index contributed by atoms with van der Waals surface area (Å²) in [7, 11) is 0. The molecule has 8 nitrogen and oxygen atoms in total. The van der Waals surface area contributed by atoms with Crippen molar-refractivity contribution >= 4 is 29.9 Å². The highest BCUT2D eigenvalue weighted by Crippen LogP contribution is 2.22. The lowest BCUT2D eigenvalue weighted by Crippen LogP contribution is -2.44. The molecule has 0 radical (unpaired) electrons. The van der Waals surface area contributed by atoms with Gasteiger partial charge in [0.15, 0.2) is 5.96 Å². The smallest absolute Gasteiger partial charge is 0.191 e. The van der Waals surface area contributed by atoms with E-state index in [0.717, 1.165) is 49.8 Å². The SMILES string of the molecule is CCc1nncn1CCNC(=NCC(c1ccc(F)cc1)N1CCOCC1)NC(C)CC.I. The Balaban J connectivity index is 0.00000385. The van der Waals surface area contributed by atoms with Gasteiger partial charge in [0.2, 0.25) is 0 Å². The molecule has 0 bridgehead atoms. The highest BCUT2D eigenvalue weighted by Gasteiger charge is 2.23. The van der Waals surface area contributed by atoms with Crippen molar-refractivity contribution in [1.82, 2.24) is 30.3 Å². The molecule has 2 unspecified atom stereocenters. The Labute approximate surface area is 213 Å². The van der Waals surface area contributed by atoms with E-state index in [4.69, 9.17) is 9.73 Å². The van der Waals surface area contributed by atoms with Gasteiger partial charge in [-0.25, -0.2) is 4.39 Å². The van der Waals surface area contributed by atoms with E-state index in [0.29, 0.717) is 32.3 Å². The van der Waals surface area contributed by atoms with Crippen molar-refractivity contribution < 1.29 is 9.13 Å². The van der Waals surface area contributed by atoms with Crippen LogP contribution in [0.2, 0.25) is 0 Å². The van der Waals surface area contributed by atoms with E-state index in [-0.39, 0.29) is 35.8 Å². The van der Waals surface area contributed by atoms with Crippen molar-refractivity contribution in [3.63, 3.8) is 0 Å². The summed E-state index contributed by atoms with van der Waals surface area (Å²) in [5.74, 6) is 1.54. The van der Waals surface area contributed by atoms with E-state index < -0.39 is 0 Å². The van der Waals surface area contributed by atoms with Gasteiger partial charge in [-0.15, -0.1) is 34.2 Å². The Bertz CT molecular complexity index is 840. The van der Waals surface area contributed by atoms with Crippen LogP contribution in [0.25, 0.3) is 0 Å². The largest absolute Gasteiger partial charge is 0.379 e. The number of aromatic nitrogens is 3. The number of nitrogens with zero attached hydrogens (tertiary/aromatic N) is 5. The fourth-order valence-corrected chi connectivity index (χ4v) is 3.71.